The molecular weight excluding hydrogens is 675 g/mol. The lowest BCUT2D eigenvalue weighted by atomic mass is 10.00. The predicted octanol–water partition coefficient (Wildman–Crippen LogP) is 4.78. The summed E-state index contributed by atoms with van der Waals surface area (Å²) in [6, 6.07) is 24.4. The van der Waals surface area contributed by atoms with Gasteiger partial charge in [-0.3, -0.25) is 9.69 Å². The number of anilines is 1. The highest BCUT2D eigenvalue weighted by molar-refractivity contribution is 14.1. The number of nitrogens with zero attached hydrogens (tertiary/aromatic N) is 3. The summed E-state index contributed by atoms with van der Waals surface area (Å²) >= 11 is 2.24. The lowest BCUT2D eigenvalue weighted by Crippen LogP contribution is -2.48. The molecule has 0 unspecified atom stereocenters. The van der Waals surface area contributed by atoms with E-state index in [0.29, 0.717) is 17.7 Å². The number of piperazine rings is 1. The molecule has 230 valence electrons. The molecule has 44 heavy (non-hydrogen) atoms. The molecule has 1 aromatic heterocycles. The normalized spacial score (nSPS) is 15.1. The van der Waals surface area contributed by atoms with Crippen LogP contribution < -0.4 is 15.5 Å². The number of halogens is 3. The van der Waals surface area contributed by atoms with Crippen molar-refractivity contribution in [3.8, 4) is 0 Å². The van der Waals surface area contributed by atoms with E-state index >= 15 is 0 Å². The van der Waals surface area contributed by atoms with Crippen molar-refractivity contribution in [2.45, 2.75) is 31.7 Å². The highest BCUT2D eigenvalue weighted by Gasteiger charge is 2.24. The average molecular weight is 712 g/mol. The molecule has 3 aromatic carbocycles. The first kappa shape index (κ1) is 32.0. The zero-order chi connectivity index (χ0) is 30.9. The van der Waals surface area contributed by atoms with Crippen LogP contribution in [-0.2, 0) is 19.5 Å². The third-order valence-electron chi connectivity index (χ3n) is 7.69. The minimum Gasteiger partial charge on any atom is -0.390 e. The largest absolute Gasteiger partial charge is 0.390 e. The fourth-order valence-electron chi connectivity index (χ4n) is 5.36. The molecule has 0 saturated carbocycles. The second-order valence-electron chi connectivity index (χ2n) is 11.0. The topological polar surface area (TPSA) is 80.7 Å². The van der Waals surface area contributed by atoms with Gasteiger partial charge in [-0.1, -0.05) is 42.5 Å². The number of aliphatic hydroxyl groups excluding tert-OH is 1. The molecular formula is C34H36F2IN5O2. The van der Waals surface area contributed by atoms with E-state index < -0.39 is 29.7 Å². The fourth-order valence-corrected chi connectivity index (χ4v) is 5.96. The Hall–Kier alpha value is -3.45. The van der Waals surface area contributed by atoms with E-state index in [1.165, 1.54) is 23.9 Å². The highest BCUT2D eigenvalue weighted by Crippen LogP contribution is 2.17. The second kappa shape index (κ2) is 15.5. The number of carbonyl (C=O) groups excluding carboxylic acids is 1. The van der Waals surface area contributed by atoms with E-state index in [0.717, 1.165) is 53.7 Å². The molecule has 1 amide bonds. The molecule has 2 heterocycles. The van der Waals surface area contributed by atoms with Gasteiger partial charge in [0.15, 0.2) is 0 Å². The molecule has 1 aliphatic heterocycles. The van der Waals surface area contributed by atoms with Gasteiger partial charge in [0, 0.05) is 61.6 Å². The maximum absolute atomic E-state index is 13.9. The van der Waals surface area contributed by atoms with Gasteiger partial charge in [-0.05, 0) is 82.1 Å². The number of hydrogen-bond donors (Lipinski definition) is 3. The van der Waals surface area contributed by atoms with Gasteiger partial charge in [0.1, 0.15) is 17.5 Å². The molecule has 3 N–H and O–H groups in total. The standard InChI is InChI=1S/C34H36F2IN5O2/c35-28-15-26(16-29(36)19-28)18-31(32(43)22-38-20-25-7-4-8-30(37)17-25)40-34(44)27-9-10-33(39-21-27)42-13-11-41(12-14-42)23-24-5-2-1-3-6-24/h1-10,15-17,19,21,31-32,38,43H,11-14,18,20,22-23H2,(H,40,44)/t31-,32+/m0/s1. The Balaban J connectivity index is 1.19. The molecule has 0 bridgehead atoms. The Bertz CT molecular complexity index is 1500. The maximum Gasteiger partial charge on any atom is 0.253 e. The summed E-state index contributed by atoms with van der Waals surface area (Å²) in [4.78, 5) is 22.4. The van der Waals surface area contributed by atoms with Crippen molar-refractivity contribution < 1.29 is 18.7 Å². The van der Waals surface area contributed by atoms with Gasteiger partial charge in [-0.15, -0.1) is 0 Å². The SMILES string of the molecule is O=C(N[C@@H](Cc1cc(F)cc(F)c1)[C@H](O)CNCc1cccc(I)c1)c1ccc(N2CCN(Cc3ccccc3)CC2)nc1. The molecule has 1 saturated heterocycles. The number of aromatic nitrogens is 1. The number of pyridine rings is 1. The van der Waals surface area contributed by atoms with E-state index in [1.54, 1.807) is 6.07 Å². The maximum atomic E-state index is 13.9. The lowest BCUT2D eigenvalue weighted by Gasteiger charge is -2.35. The van der Waals surface area contributed by atoms with Crippen LogP contribution in [0.15, 0.2) is 91.1 Å². The Morgan fingerprint density at radius 2 is 1.61 bits per heavy atom. The first-order chi connectivity index (χ1) is 21.3. The van der Waals surface area contributed by atoms with E-state index in [-0.39, 0.29) is 13.0 Å². The van der Waals surface area contributed by atoms with Gasteiger partial charge >= 0.3 is 0 Å². The van der Waals surface area contributed by atoms with Gasteiger partial charge < -0.3 is 20.6 Å². The van der Waals surface area contributed by atoms with Crippen molar-refractivity contribution in [2.24, 2.45) is 0 Å². The number of amides is 1. The molecule has 2 atom stereocenters. The molecule has 1 aliphatic rings. The summed E-state index contributed by atoms with van der Waals surface area (Å²) in [7, 11) is 0. The van der Waals surface area contributed by atoms with Gasteiger partial charge in [-0.25, -0.2) is 13.8 Å². The number of rotatable bonds is 12. The Labute approximate surface area is 270 Å². The molecule has 7 nitrogen and oxygen atoms in total. The van der Waals surface area contributed by atoms with Crippen molar-refractivity contribution in [1.82, 2.24) is 20.5 Å². The van der Waals surface area contributed by atoms with Crippen LogP contribution in [0.4, 0.5) is 14.6 Å². The van der Waals surface area contributed by atoms with Gasteiger partial charge in [0.05, 0.1) is 17.7 Å². The second-order valence-corrected chi connectivity index (χ2v) is 12.3. The van der Waals surface area contributed by atoms with Crippen molar-refractivity contribution in [3.63, 3.8) is 0 Å². The summed E-state index contributed by atoms with van der Waals surface area (Å²) in [5.74, 6) is -1.04. The van der Waals surface area contributed by atoms with Gasteiger partial charge in [0.25, 0.3) is 5.91 Å². The zero-order valence-corrected chi connectivity index (χ0v) is 26.5. The van der Waals surface area contributed by atoms with E-state index in [1.807, 2.05) is 36.4 Å². The van der Waals surface area contributed by atoms with Crippen molar-refractivity contribution in [1.29, 1.82) is 0 Å². The fraction of sp³-hybridized carbons (Fsp3) is 0.294. The summed E-state index contributed by atoms with van der Waals surface area (Å²) < 4.78 is 28.9. The van der Waals surface area contributed by atoms with Crippen LogP contribution >= 0.6 is 22.6 Å². The number of nitrogens with one attached hydrogen (secondary N) is 2. The first-order valence-corrected chi connectivity index (χ1v) is 15.8. The van der Waals surface area contributed by atoms with Gasteiger partial charge in [0.2, 0.25) is 0 Å². The average Bonchev–Trinajstić information content (AvgIpc) is 3.01. The smallest absolute Gasteiger partial charge is 0.253 e. The summed E-state index contributed by atoms with van der Waals surface area (Å²) in [5, 5.41) is 17.2. The van der Waals surface area contributed by atoms with Gasteiger partial charge in [-0.2, -0.15) is 0 Å². The van der Waals surface area contributed by atoms with Crippen molar-refractivity contribution >= 4 is 34.3 Å². The quantitative estimate of drug-likeness (QED) is 0.184. The van der Waals surface area contributed by atoms with E-state index in [2.05, 4.69) is 72.3 Å². The van der Waals surface area contributed by atoms with Crippen LogP contribution in [0.1, 0.15) is 27.0 Å². The van der Waals surface area contributed by atoms with Crippen LogP contribution in [0, 0.1) is 15.2 Å². The predicted molar refractivity (Wildman–Crippen MR) is 176 cm³/mol. The zero-order valence-electron chi connectivity index (χ0n) is 24.3. The molecule has 0 radical (unpaired) electrons. The van der Waals surface area contributed by atoms with E-state index in [4.69, 9.17) is 0 Å². The lowest BCUT2D eigenvalue weighted by molar-refractivity contribution is 0.0829. The van der Waals surface area contributed by atoms with Crippen LogP contribution in [0.25, 0.3) is 0 Å². The number of benzene rings is 3. The summed E-state index contributed by atoms with van der Waals surface area (Å²) in [6.07, 6.45) is 0.555. The van der Waals surface area contributed by atoms with E-state index in [9.17, 15) is 18.7 Å². The monoisotopic (exact) mass is 711 g/mol. The molecule has 1 fully saturated rings. The third kappa shape index (κ3) is 9.28. The number of aliphatic hydroxyl groups is 1. The van der Waals surface area contributed by atoms with Crippen molar-refractivity contribution in [2.75, 3.05) is 37.6 Å². The Morgan fingerprint density at radius 1 is 0.886 bits per heavy atom. The van der Waals surface area contributed by atoms with Crippen molar-refractivity contribution in [3.05, 3.63) is 129 Å². The molecule has 0 aliphatic carbocycles. The Kier molecular flexibility index (Phi) is 11.3. The van der Waals surface area contributed by atoms with Crippen LogP contribution in [0.2, 0.25) is 0 Å². The molecule has 10 heteroatoms. The minimum atomic E-state index is -1.02. The first-order valence-electron chi connectivity index (χ1n) is 14.7. The van der Waals surface area contributed by atoms with Crippen LogP contribution in [-0.4, -0.2) is 65.8 Å². The Morgan fingerprint density at radius 3 is 2.30 bits per heavy atom. The third-order valence-corrected chi connectivity index (χ3v) is 8.36. The number of carbonyl (C=O) groups is 1. The van der Waals surface area contributed by atoms with Crippen LogP contribution in [0.5, 0.6) is 0 Å². The summed E-state index contributed by atoms with van der Waals surface area (Å²) in [5.41, 5.74) is 3.03. The van der Waals surface area contributed by atoms with Crippen LogP contribution in [0.3, 0.4) is 0 Å². The molecule has 4 aromatic rings. The minimum absolute atomic E-state index is 0.0469. The highest BCUT2D eigenvalue weighted by atomic mass is 127. The number of hydrogen-bond acceptors (Lipinski definition) is 6. The molecule has 5 rings (SSSR count). The molecule has 0 spiro atoms. The summed E-state index contributed by atoms with van der Waals surface area (Å²) in [6.45, 7) is 5.10.